The molecule has 2 N–H and O–H groups in total. The molecule has 1 aromatic heterocycles. The van der Waals surface area contributed by atoms with Gasteiger partial charge < -0.3 is 33.6 Å². The van der Waals surface area contributed by atoms with Crippen molar-refractivity contribution in [3.05, 3.63) is 71.1 Å². The Morgan fingerprint density at radius 2 is 1.39 bits per heavy atom. The maximum Gasteiger partial charge on any atom is 0.336 e. The van der Waals surface area contributed by atoms with Crippen LogP contribution < -0.4 is 24.6 Å². The van der Waals surface area contributed by atoms with E-state index in [1.165, 1.54) is 40.6 Å². The molecule has 0 bridgehead atoms. The number of ether oxygens (including phenoxy) is 4. The highest BCUT2D eigenvalue weighted by atomic mass is 16.5. The van der Waals surface area contributed by atoms with Crippen LogP contribution in [0.5, 0.6) is 34.5 Å². The van der Waals surface area contributed by atoms with E-state index in [1.54, 1.807) is 42.5 Å². The largest absolute Gasteiger partial charge is 0.508 e. The Labute approximate surface area is 190 Å². The minimum absolute atomic E-state index is 0.0427. The van der Waals surface area contributed by atoms with Crippen molar-refractivity contribution in [3.8, 4) is 45.6 Å². The van der Waals surface area contributed by atoms with Gasteiger partial charge in [-0.05, 0) is 35.9 Å². The normalized spacial score (nSPS) is 10.2. The van der Waals surface area contributed by atoms with Gasteiger partial charge in [-0.3, -0.25) is 0 Å². The van der Waals surface area contributed by atoms with Crippen LogP contribution in [0.1, 0.15) is 0 Å². The van der Waals surface area contributed by atoms with E-state index in [9.17, 15) is 9.90 Å². The van der Waals surface area contributed by atoms with Crippen LogP contribution in [0.2, 0.25) is 0 Å². The Morgan fingerprint density at radius 1 is 0.727 bits per heavy atom. The zero-order valence-electron chi connectivity index (χ0n) is 18.6. The summed E-state index contributed by atoms with van der Waals surface area (Å²) in [7, 11) is 5.88. The maximum absolute atomic E-state index is 12.1. The highest BCUT2D eigenvalue weighted by Crippen LogP contribution is 2.45. The van der Waals surface area contributed by atoms with Gasteiger partial charge in [-0.15, -0.1) is 0 Å². The van der Waals surface area contributed by atoms with Crippen molar-refractivity contribution < 1.29 is 33.6 Å². The number of hydrogen-bond acceptors (Lipinski definition) is 8. The molecule has 0 radical (unpaired) electrons. The smallest absolute Gasteiger partial charge is 0.336 e. The molecule has 0 fully saturated rings. The van der Waals surface area contributed by atoms with E-state index in [0.717, 1.165) is 0 Å². The Kier molecular flexibility index (Phi) is 7.30. The highest BCUT2D eigenvalue weighted by Gasteiger charge is 2.21. The van der Waals surface area contributed by atoms with Gasteiger partial charge in [-0.2, -0.15) is 0 Å². The predicted molar refractivity (Wildman–Crippen MR) is 124 cm³/mol. The second-order valence-corrected chi connectivity index (χ2v) is 6.72. The number of para-hydroxylation sites is 1. The fourth-order valence-electron chi connectivity index (χ4n) is 3.28. The van der Waals surface area contributed by atoms with Gasteiger partial charge in [0.25, 0.3) is 0 Å². The number of hydrogen-bond donors (Lipinski definition) is 2. The molecule has 4 aromatic rings. The number of phenols is 2. The van der Waals surface area contributed by atoms with Crippen LogP contribution in [-0.4, -0.2) is 38.7 Å². The molecular weight excluding hydrogens is 428 g/mol. The quantitative estimate of drug-likeness (QED) is 0.423. The summed E-state index contributed by atoms with van der Waals surface area (Å²) < 4.78 is 26.5. The molecule has 4 rings (SSSR count). The van der Waals surface area contributed by atoms with E-state index in [1.807, 2.05) is 6.07 Å². The van der Waals surface area contributed by atoms with Gasteiger partial charge in [0.15, 0.2) is 22.8 Å². The molecule has 0 saturated carbocycles. The van der Waals surface area contributed by atoms with Crippen molar-refractivity contribution >= 4 is 11.0 Å². The fraction of sp³-hybridized carbons (Fsp3) is 0.160. The molecule has 1 heterocycles. The summed E-state index contributed by atoms with van der Waals surface area (Å²) in [6, 6.07) is 16.6. The average molecular weight is 452 g/mol. The number of phenolic OH excluding ortho intramolecular Hbond substituents is 2. The summed E-state index contributed by atoms with van der Waals surface area (Å²) in [4.78, 5) is 12.1. The van der Waals surface area contributed by atoms with E-state index in [2.05, 4.69) is 0 Å². The second kappa shape index (κ2) is 10.3. The summed E-state index contributed by atoms with van der Waals surface area (Å²) >= 11 is 0. The van der Waals surface area contributed by atoms with Gasteiger partial charge in [0.1, 0.15) is 5.75 Å². The van der Waals surface area contributed by atoms with Crippen LogP contribution in [0, 0.1) is 0 Å². The zero-order chi connectivity index (χ0) is 24.0. The molecule has 3 aromatic carbocycles. The summed E-state index contributed by atoms with van der Waals surface area (Å²) in [5, 5.41) is 19.3. The standard InChI is InChI=1S/C19H18O7.C6H6O/c1-22-14-6-5-10(7-13(14)20)11-9-16(21)26-17-12(11)8-15(23-2)18(24-3)19(17)25-4;7-6-4-2-1-3-5-6/h5-9,20H,1-4H3;1-5,7H. The predicted octanol–water partition coefficient (Wildman–Crippen LogP) is 4.59. The summed E-state index contributed by atoms with van der Waals surface area (Å²) in [5.74, 6) is 1.60. The molecule has 0 aliphatic rings. The number of methoxy groups -OCH3 is 4. The van der Waals surface area contributed by atoms with Crippen molar-refractivity contribution in [2.45, 2.75) is 0 Å². The van der Waals surface area contributed by atoms with Crippen LogP contribution in [0.25, 0.3) is 22.1 Å². The molecule has 0 amide bonds. The molecule has 0 unspecified atom stereocenters. The van der Waals surface area contributed by atoms with Crippen LogP contribution >= 0.6 is 0 Å². The van der Waals surface area contributed by atoms with Crippen molar-refractivity contribution in [2.24, 2.45) is 0 Å². The van der Waals surface area contributed by atoms with Gasteiger partial charge in [0.2, 0.25) is 11.5 Å². The lowest BCUT2D eigenvalue weighted by Crippen LogP contribution is -2.02. The van der Waals surface area contributed by atoms with Crippen molar-refractivity contribution in [1.82, 2.24) is 0 Å². The molecular formula is C25H24O8. The van der Waals surface area contributed by atoms with Crippen LogP contribution in [0.4, 0.5) is 0 Å². The van der Waals surface area contributed by atoms with Gasteiger partial charge in [-0.25, -0.2) is 4.79 Å². The summed E-state index contributed by atoms with van der Waals surface area (Å²) in [5.41, 5.74) is 0.820. The first-order valence-corrected chi connectivity index (χ1v) is 9.81. The fourth-order valence-corrected chi connectivity index (χ4v) is 3.28. The molecule has 8 heteroatoms. The van der Waals surface area contributed by atoms with E-state index in [-0.39, 0.29) is 17.1 Å². The average Bonchev–Trinajstić information content (AvgIpc) is 2.83. The van der Waals surface area contributed by atoms with E-state index in [0.29, 0.717) is 39.5 Å². The van der Waals surface area contributed by atoms with Crippen LogP contribution in [0.15, 0.2) is 69.9 Å². The Bertz CT molecular complexity index is 1300. The van der Waals surface area contributed by atoms with Crippen molar-refractivity contribution in [2.75, 3.05) is 28.4 Å². The molecule has 0 saturated heterocycles. The van der Waals surface area contributed by atoms with E-state index in [4.69, 9.17) is 28.5 Å². The maximum atomic E-state index is 12.1. The summed E-state index contributed by atoms with van der Waals surface area (Å²) in [6.45, 7) is 0. The molecule has 0 spiro atoms. The van der Waals surface area contributed by atoms with Gasteiger partial charge in [0, 0.05) is 17.0 Å². The van der Waals surface area contributed by atoms with Crippen molar-refractivity contribution in [3.63, 3.8) is 0 Å². The Morgan fingerprint density at radius 3 is 1.91 bits per heavy atom. The first kappa shape index (κ1) is 23.3. The van der Waals surface area contributed by atoms with Crippen molar-refractivity contribution in [1.29, 1.82) is 0 Å². The lowest BCUT2D eigenvalue weighted by atomic mass is 10.0. The highest BCUT2D eigenvalue weighted by molar-refractivity contribution is 5.99. The molecule has 8 nitrogen and oxygen atoms in total. The van der Waals surface area contributed by atoms with Gasteiger partial charge in [-0.1, -0.05) is 24.3 Å². The van der Waals surface area contributed by atoms with E-state index >= 15 is 0 Å². The lowest BCUT2D eigenvalue weighted by molar-refractivity contribution is 0.323. The van der Waals surface area contributed by atoms with E-state index < -0.39 is 5.63 Å². The van der Waals surface area contributed by atoms with Gasteiger partial charge in [0.05, 0.1) is 28.4 Å². The van der Waals surface area contributed by atoms with Gasteiger partial charge >= 0.3 is 5.63 Å². The summed E-state index contributed by atoms with van der Waals surface area (Å²) in [6.07, 6.45) is 0. The number of fused-ring (bicyclic) bond motifs is 1. The topological polar surface area (TPSA) is 108 Å². The third kappa shape index (κ3) is 4.95. The molecule has 33 heavy (non-hydrogen) atoms. The Balaban J connectivity index is 0.000000374. The number of benzene rings is 3. The molecule has 0 atom stereocenters. The molecule has 0 aliphatic heterocycles. The SMILES string of the molecule is COc1ccc(-c2cc(=O)oc3c(OC)c(OC)c(OC)cc23)cc1O.Oc1ccccc1. The monoisotopic (exact) mass is 452 g/mol. The minimum atomic E-state index is -0.562. The third-order valence-electron chi connectivity index (χ3n) is 4.79. The van der Waals surface area contributed by atoms with Crippen LogP contribution in [0.3, 0.4) is 0 Å². The lowest BCUT2D eigenvalue weighted by Gasteiger charge is -2.15. The zero-order valence-corrected chi connectivity index (χ0v) is 18.6. The van der Waals surface area contributed by atoms with Crippen LogP contribution in [-0.2, 0) is 0 Å². The third-order valence-corrected chi connectivity index (χ3v) is 4.79. The Hall–Kier alpha value is -4.33. The first-order chi connectivity index (χ1) is 15.9. The number of rotatable bonds is 5. The molecule has 0 aliphatic carbocycles. The first-order valence-electron chi connectivity index (χ1n) is 9.81. The molecule has 172 valence electrons. The number of aromatic hydroxyl groups is 2. The second-order valence-electron chi connectivity index (χ2n) is 6.72. The minimum Gasteiger partial charge on any atom is -0.508 e.